The van der Waals surface area contributed by atoms with Gasteiger partial charge in [0.15, 0.2) is 6.61 Å². The Hall–Kier alpha value is -2.55. The fourth-order valence-electron chi connectivity index (χ4n) is 3.35. The number of nitriles is 1. The number of aromatic nitrogens is 1. The average Bonchev–Trinajstić information content (AvgIpc) is 2.91. The lowest BCUT2D eigenvalue weighted by atomic mass is 10.1. The molecule has 1 aliphatic heterocycles. The maximum absolute atomic E-state index is 12.3. The van der Waals surface area contributed by atoms with E-state index >= 15 is 0 Å². The number of carbonyl (C=O) groups is 2. The van der Waals surface area contributed by atoms with Crippen LogP contribution in [0, 0.1) is 31.1 Å². The van der Waals surface area contributed by atoms with Crippen molar-refractivity contribution in [1.82, 2.24) is 9.47 Å². The number of hydrogen-bond donors (Lipinski definition) is 0. The number of piperidine rings is 1. The molecule has 0 spiro atoms. The van der Waals surface area contributed by atoms with Crippen LogP contribution in [0.1, 0.15) is 50.1 Å². The quantitative estimate of drug-likeness (QED) is 0.437. The van der Waals surface area contributed by atoms with E-state index in [0.717, 1.165) is 42.8 Å². The molecule has 0 bridgehead atoms. The number of aryl methyl sites for hydroxylation is 1. The summed E-state index contributed by atoms with van der Waals surface area (Å²) in [7, 11) is 0. The zero-order valence-electron chi connectivity index (χ0n) is 16.7. The van der Waals surface area contributed by atoms with Crippen LogP contribution < -0.4 is 0 Å². The standard InChI is InChI=1S/C21H29N3O3/c1-15(2)13-24-16(3)10-18(17(24)4)11-19(12-22)21(26)27-14-20(25)23-8-6-5-7-9-23/h10-11,15H,5-9,13-14H2,1-4H3/b19-11+. The molecule has 0 radical (unpaired) electrons. The van der Waals surface area contributed by atoms with E-state index in [1.807, 2.05) is 26.0 Å². The summed E-state index contributed by atoms with van der Waals surface area (Å²) in [5, 5.41) is 9.36. The van der Waals surface area contributed by atoms with Gasteiger partial charge in [0.05, 0.1) is 0 Å². The van der Waals surface area contributed by atoms with Crippen LogP contribution in [0.2, 0.25) is 0 Å². The summed E-state index contributed by atoms with van der Waals surface area (Å²) >= 11 is 0. The lowest BCUT2D eigenvalue weighted by Gasteiger charge is -2.26. The summed E-state index contributed by atoms with van der Waals surface area (Å²) in [6.07, 6.45) is 4.64. The second kappa shape index (κ2) is 9.40. The minimum absolute atomic E-state index is 0.0914. The maximum atomic E-state index is 12.3. The fourth-order valence-corrected chi connectivity index (χ4v) is 3.35. The zero-order chi connectivity index (χ0) is 20.0. The fraction of sp³-hybridized carbons (Fsp3) is 0.571. The topological polar surface area (TPSA) is 75.3 Å². The van der Waals surface area contributed by atoms with Gasteiger partial charge in [-0.25, -0.2) is 4.79 Å². The number of hydrogen-bond acceptors (Lipinski definition) is 4. The number of carbonyl (C=O) groups excluding carboxylic acids is 2. The molecular formula is C21H29N3O3. The second-order valence-corrected chi connectivity index (χ2v) is 7.52. The zero-order valence-corrected chi connectivity index (χ0v) is 16.7. The third-order valence-corrected chi connectivity index (χ3v) is 4.84. The van der Waals surface area contributed by atoms with E-state index in [2.05, 4.69) is 18.4 Å². The molecule has 6 heteroatoms. The van der Waals surface area contributed by atoms with Gasteiger partial charge in [0.2, 0.25) is 0 Å². The Morgan fingerprint density at radius 2 is 1.93 bits per heavy atom. The van der Waals surface area contributed by atoms with Crippen molar-refractivity contribution in [3.05, 3.63) is 28.6 Å². The average molecular weight is 371 g/mol. The highest BCUT2D eigenvalue weighted by atomic mass is 16.5. The molecule has 1 fully saturated rings. The molecule has 0 N–H and O–H groups in total. The molecule has 2 heterocycles. The molecular weight excluding hydrogens is 342 g/mol. The molecule has 1 saturated heterocycles. The number of esters is 1. The van der Waals surface area contributed by atoms with Crippen molar-refractivity contribution in [2.45, 2.75) is 53.5 Å². The van der Waals surface area contributed by atoms with Crippen molar-refractivity contribution in [1.29, 1.82) is 5.26 Å². The Bertz CT molecular complexity index is 762. The van der Waals surface area contributed by atoms with Gasteiger partial charge in [-0.15, -0.1) is 0 Å². The van der Waals surface area contributed by atoms with Gasteiger partial charge >= 0.3 is 5.97 Å². The van der Waals surface area contributed by atoms with Gasteiger partial charge in [0.25, 0.3) is 5.91 Å². The number of nitrogens with zero attached hydrogens (tertiary/aromatic N) is 3. The van der Waals surface area contributed by atoms with Crippen LogP contribution in [0.5, 0.6) is 0 Å². The highest BCUT2D eigenvalue weighted by molar-refractivity contribution is 5.99. The first-order valence-corrected chi connectivity index (χ1v) is 9.57. The summed E-state index contributed by atoms with van der Waals surface area (Å²) < 4.78 is 7.27. The molecule has 2 rings (SSSR count). The number of rotatable bonds is 6. The van der Waals surface area contributed by atoms with Gasteiger partial charge in [-0.3, -0.25) is 4.79 Å². The first-order valence-electron chi connectivity index (χ1n) is 9.57. The first kappa shape index (κ1) is 20.8. The summed E-state index contributed by atoms with van der Waals surface area (Å²) in [6.45, 7) is 10.2. The van der Waals surface area contributed by atoms with Crippen LogP contribution >= 0.6 is 0 Å². The summed E-state index contributed by atoms with van der Waals surface area (Å²) in [6, 6.07) is 3.86. The van der Waals surface area contributed by atoms with Crippen LogP contribution in [-0.4, -0.2) is 41.0 Å². The molecule has 27 heavy (non-hydrogen) atoms. The minimum Gasteiger partial charge on any atom is -0.451 e. The Kier molecular flexibility index (Phi) is 7.23. The lowest BCUT2D eigenvalue weighted by Crippen LogP contribution is -2.38. The Morgan fingerprint density at radius 1 is 1.26 bits per heavy atom. The molecule has 146 valence electrons. The maximum Gasteiger partial charge on any atom is 0.349 e. The van der Waals surface area contributed by atoms with Crippen LogP contribution in [0.3, 0.4) is 0 Å². The van der Waals surface area contributed by atoms with Crippen molar-refractivity contribution in [3.63, 3.8) is 0 Å². The predicted octanol–water partition coefficient (Wildman–Crippen LogP) is 3.22. The van der Waals surface area contributed by atoms with E-state index in [9.17, 15) is 14.9 Å². The molecule has 0 aromatic carbocycles. The Morgan fingerprint density at radius 3 is 2.52 bits per heavy atom. The first-order chi connectivity index (χ1) is 12.8. The normalized spacial score (nSPS) is 15.0. The monoisotopic (exact) mass is 371 g/mol. The van der Waals surface area contributed by atoms with E-state index < -0.39 is 5.97 Å². The molecule has 1 amide bonds. The Labute approximate surface area is 161 Å². The van der Waals surface area contributed by atoms with Crippen LogP contribution in [-0.2, 0) is 20.9 Å². The van der Waals surface area contributed by atoms with Gasteiger partial charge in [-0.1, -0.05) is 13.8 Å². The van der Waals surface area contributed by atoms with Crippen LogP contribution in [0.15, 0.2) is 11.6 Å². The SMILES string of the molecule is Cc1cc(/C=C(\C#N)C(=O)OCC(=O)N2CCCCC2)c(C)n1CC(C)C. The molecule has 0 saturated carbocycles. The number of amides is 1. The van der Waals surface area contributed by atoms with Gasteiger partial charge in [0.1, 0.15) is 11.6 Å². The predicted molar refractivity (Wildman–Crippen MR) is 104 cm³/mol. The summed E-state index contributed by atoms with van der Waals surface area (Å²) in [5.41, 5.74) is 2.82. The van der Waals surface area contributed by atoms with E-state index in [-0.39, 0.29) is 18.1 Å². The molecule has 6 nitrogen and oxygen atoms in total. The lowest BCUT2D eigenvalue weighted by molar-refractivity contribution is -0.149. The van der Waals surface area contributed by atoms with E-state index in [4.69, 9.17) is 4.74 Å². The summed E-state index contributed by atoms with van der Waals surface area (Å²) in [4.78, 5) is 26.1. The Balaban J connectivity index is 2.06. The van der Waals surface area contributed by atoms with Crippen LogP contribution in [0.25, 0.3) is 6.08 Å². The van der Waals surface area contributed by atoms with Crippen molar-refractivity contribution < 1.29 is 14.3 Å². The van der Waals surface area contributed by atoms with Crippen molar-refractivity contribution in [3.8, 4) is 6.07 Å². The smallest absolute Gasteiger partial charge is 0.349 e. The number of likely N-dealkylation sites (tertiary alicyclic amines) is 1. The number of ether oxygens (including phenoxy) is 1. The van der Waals surface area contributed by atoms with Crippen molar-refractivity contribution in [2.24, 2.45) is 5.92 Å². The van der Waals surface area contributed by atoms with Gasteiger partial charge < -0.3 is 14.2 Å². The highest BCUT2D eigenvalue weighted by Crippen LogP contribution is 2.20. The van der Waals surface area contributed by atoms with E-state index in [0.29, 0.717) is 19.0 Å². The van der Waals surface area contributed by atoms with Crippen LogP contribution in [0.4, 0.5) is 0 Å². The van der Waals surface area contributed by atoms with Crippen molar-refractivity contribution >= 4 is 18.0 Å². The molecule has 1 aromatic heterocycles. The van der Waals surface area contributed by atoms with Gasteiger partial charge in [-0.2, -0.15) is 5.26 Å². The molecule has 1 aromatic rings. The third-order valence-electron chi connectivity index (χ3n) is 4.84. The van der Waals surface area contributed by atoms with E-state index in [1.54, 1.807) is 11.0 Å². The molecule has 0 unspecified atom stereocenters. The minimum atomic E-state index is -0.753. The second-order valence-electron chi connectivity index (χ2n) is 7.52. The largest absolute Gasteiger partial charge is 0.451 e. The third kappa shape index (κ3) is 5.46. The van der Waals surface area contributed by atoms with E-state index in [1.165, 1.54) is 0 Å². The van der Waals surface area contributed by atoms with Crippen molar-refractivity contribution in [2.75, 3.05) is 19.7 Å². The summed E-state index contributed by atoms with van der Waals surface area (Å²) in [5.74, 6) is -0.459. The molecule has 1 aliphatic rings. The highest BCUT2D eigenvalue weighted by Gasteiger charge is 2.20. The van der Waals surface area contributed by atoms with Gasteiger partial charge in [-0.05, 0) is 56.7 Å². The molecule has 0 atom stereocenters. The molecule has 0 aliphatic carbocycles. The van der Waals surface area contributed by atoms with Gasteiger partial charge in [0, 0.05) is 31.0 Å².